The van der Waals surface area contributed by atoms with Crippen LogP contribution in [0.1, 0.15) is 12.3 Å². The first-order valence-electron chi connectivity index (χ1n) is 7.11. The minimum absolute atomic E-state index is 0.0574. The van der Waals surface area contributed by atoms with Gasteiger partial charge in [0.2, 0.25) is 0 Å². The molecule has 0 radical (unpaired) electrons. The van der Waals surface area contributed by atoms with Crippen LogP contribution in [0, 0.1) is 0 Å². The molecule has 3 aromatic rings. The first-order valence-corrected chi connectivity index (χ1v) is 8.47. The predicted octanol–water partition coefficient (Wildman–Crippen LogP) is 4.21. The molecule has 0 spiro atoms. The molecule has 0 amide bonds. The van der Waals surface area contributed by atoms with Crippen molar-refractivity contribution in [3.63, 3.8) is 0 Å². The Kier molecular flexibility index (Phi) is 5.55. The zero-order chi connectivity index (χ0) is 16.8. The Morgan fingerprint density at radius 2 is 2.04 bits per heavy atom. The Hall–Kier alpha value is -2.25. The third-order valence-corrected chi connectivity index (χ3v) is 4.21. The van der Waals surface area contributed by atoms with E-state index >= 15 is 0 Å². The maximum absolute atomic E-state index is 11.7. The van der Waals surface area contributed by atoms with Gasteiger partial charge in [0, 0.05) is 15.7 Å². The van der Waals surface area contributed by atoms with E-state index in [0.29, 0.717) is 16.5 Å². The van der Waals surface area contributed by atoms with Crippen LogP contribution in [-0.4, -0.2) is 21.9 Å². The Morgan fingerprint density at radius 3 is 2.79 bits per heavy atom. The number of carbonyl (C=O) groups is 1. The number of nitrogens with zero attached hydrogens (tertiary/aromatic N) is 2. The lowest BCUT2D eigenvalue weighted by Crippen LogP contribution is -2.05. The summed E-state index contributed by atoms with van der Waals surface area (Å²) < 4.78 is 15.6. The van der Waals surface area contributed by atoms with Crippen molar-refractivity contribution in [1.29, 1.82) is 0 Å². The van der Waals surface area contributed by atoms with Crippen LogP contribution in [0.4, 0.5) is 0 Å². The molecule has 8 heteroatoms. The van der Waals surface area contributed by atoms with Crippen LogP contribution in [0.3, 0.4) is 0 Å². The summed E-state index contributed by atoms with van der Waals surface area (Å²) in [6.45, 7) is -0.0574. The van der Waals surface area contributed by atoms with Crippen LogP contribution in [0.5, 0.6) is 0 Å². The number of carbonyl (C=O) groups excluding carboxylic acids is 1. The molecule has 24 heavy (non-hydrogen) atoms. The van der Waals surface area contributed by atoms with Gasteiger partial charge in [-0.2, -0.15) is 0 Å². The smallest absolute Gasteiger partial charge is 0.307 e. The molecular weight excluding hydrogens is 352 g/mol. The van der Waals surface area contributed by atoms with Crippen LogP contribution in [0.25, 0.3) is 11.7 Å². The van der Waals surface area contributed by atoms with Gasteiger partial charge in [-0.1, -0.05) is 11.6 Å². The molecule has 2 heterocycles. The Balaban J connectivity index is 1.40. The molecule has 124 valence electrons. The van der Waals surface area contributed by atoms with Gasteiger partial charge in [0.05, 0.1) is 12.7 Å². The van der Waals surface area contributed by atoms with E-state index in [0.717, 1.165) is 4.90 Å². The second-order valence-electron chi connectivity index (χ2n) is 4.69. The van der Waals surface area contributed by atoms with Crippen LogP contribution >= 0.6 is 23.4 Å². The maximum Gasteiger partial charge on any atom is 0.307 e. The normalized spacial score (nSPS) is 10.7. The van der Waals surface area contributed by atoms with Crippen molar-refractivity contribution in [1.82, 2.24) is 10.2 Å². The molecule has 3 rings (SSSR count). The standard InChI is InChI=1S/C16H13ClN2O4S/c17-11-3-5-12(6-4-11)24-9-7-15(20)22-10-14-18-19-16(23-14)13-2-1-8-21-13/h1-6,8H,7,9-10H2. The molecule has 0 fully saturated rings. The highest BCUT2D eigenvalue weighted by atomic mass is 35.5. The average molecular weight is 365 g/mol. The minimum Gasteiger partial charge on any atom is -0.459 e. The quantitative estimate of drug-likeness (QED) is 0.459. The second-order valence-corrected chi connectivity index (χ2v) is 6.30. The molecule has 2 aromatic heterocycles. The van der Waals surface area contributed by atoms with Crippen LogP contribution < -0.4 is 0 Å². The number of ether oxygens (including phenoxy) is 1. The highest BCUT2D eigenvalue weighted by molar-refractivity contribution is 7.99. The van der Waals surface area contributed by atoms with Crippen LogP contribution in [-0.2, 0) is 16.1 Å². The van der Waals surface area contributed by atoms with Crippen LogP contribution in [0.2, 0.25) is 5.02 Å². The summed E-state index contributed by atoms with van der Waals surface area (Å²) in [5.74, 6) is 1.24. The lowest BCUT2D eigenvalue weighted by atomic mass is 10.4. The summed E-state index contributed by atoms with van der Waals surface area (Å²) in [7, 11) is 0. The van der Waals surface area contributed by atoms with Gasteiger partial charge in [-0.05, 0) is 36.4 Å². The molecule has 6 nitrogen and oxygen atoms in total. The van der Waals surface area contributed by atoms with Gasteiger partial charge in [0.1, 0.15) is 0 Å². The molecule has 0 saturated carbocycles. The number of benzene rings is 1. The van der Waals surface area contributed by atoms with E-state index in [4.69, 9.17) is 25.2 Å². The van der Waals surface area contributed by atoms with E-state index in [9.17, 15) is 4.79 Å². The predicted molar refractivity (Wildman–Crippen MR) is 88.6 cm³/mol. The molecule has 0 N–H and O–H groups in total. The van der Waals surface area contributed by atoms with E-state index < -0.39 is 0 Å². The Morgan fingerprint density at radius 1 is 1.21 bits per heavy atom. The number of esters is 1. The zero-order valence-corrected chi connectivity index (χ0v) is 14.0. The molecular formula is C16H13ClN2O4S. The Labute approximate surface area is 147 Å². The van der Waals surface area contributed by atoms with Gasteiger partial charge in [-0.3, -0.25) is 4.79 Å². The fourth-order valence-corrected chi connectivity index (χ4v) is 2.77. The average Bonchev–Trinajstić information content (AvgIpc) is 3.26. The van der Waals surface area contributed by atoms with Crippen molar-refractivity contribution < 1.29 is 18.4 Å². The number of rotatable bonds is 7. The number of thioether (sulfide) groups is 1. The van der Waals surface area contributed by atoms with E-state index in [-0.39, 0.29) is 30.8 Å². The third kappa shape index (κ3) is 4.62. The number of aromatic nitrogens is 2. The molecule has 1 aromatic carbocycles. The van der Waals surface area contributed by atoms with Crippen molar-refractivity contribution >= 4 is 29.3 Å². The fourth-order valence-electron chi connectivity index (χ4n) is 1.81. The number of hydrogen-bond donors (Lipinski definition) is 0. The number of hydrogen-bond acceptors (Lipinski definition) is 7. The third-order valence-electron chi connectivity index (χ3n) is 2.94. The molecule has 0 aliphatic heterocycles. The molecule has 0 bridgehead atoms. The van der Waals surface area contributed by atoms with E-state index in [1.54, 1.807) is 23.9 Å². The van der Waals surface area contributed by atoms with Crippen molar-refractivity contribution in [2.24, 2.45) is 0 Å². The molecule has 0 atom stereocenters. The second kappa shape index (κ2) is 8.03. The first kappa shape index (κ1) is 16.6. The van der Waals surface area contributed by atoms with Gasteiger partial charge in [0.25, 0.3) is 11.8 Å². The summed E-state index contributed by atoms with van der Waals surface area (Å²) in [6.07, 6.45) is 1.80. The van der Waals surface area contributed by atoms with Gasteiger partial charge in [-0.15, -0.1) is 22.0 Å². The molecule has 0 aliphatic carbocycles. The zero-order valence-electron chi connectivity index (χ0n) is 12.5. The summed E-state index contributed by atoms with van der Waals surface area (Å²) in [5.41, 5.74) is 0. The lowest BCUT2D eigenvalue weighted by Gasteiger charge is -2.03. The van der Waals surface area contributed by atoms with Crippen molar-refractivity contribution in [3.8, 4) is 11.7 Å². The van der Waals surface area contributed by atoms with E-state index in [2.05, 4.69) is 10.2 Å². The highest BCUT2D eigenvalue weighted by Crippen LogP contribution is 2.21. The summed E-state index contributed by atoms with van der Waals surface area (Å²) >= 11 is 7.38. The topological polar surface area (TPSA) is 78.4 Å². The Bertz CT molecular complexity index is 787. The first-order chi connectivity index (χ1) is 11.7. The summed E-state index contributed by atoms with van der Waals surface area (Å²) in [4.78, 5) is 12.8. The number of halogens is 1. The maximum atomic E-state index is 11.7. The van der Waals surface area contributed by atoms with Gasteiger partial charge in [-0.25, -0.2) is 0 Å². The molecule has 0 aliphatic rings. The van der Waals surface area contributed by atoms with Crippen molar-refractivity contribution in [3.05, 3.63) is 53.6 Å². The largest absolute Gasteiger partial charge is 0.459 e. The van der Waals surface area contributed by atoms with Gasteiger partial charge in [0.15, 0.2) is 12.4 Å². The summed E-state index contributed by atoms with van der Waals surface area (Å²) in [5, 5.41) is 8.32. The van der Waals surface area contributed by atoms with Crippen molar-refractivity contribution in [2.75, 3.05) is 5.75 Å². The molecule has 0 unspecified atom stereocenters. The lowest BCUT2D eigenvalue weighted by molar-refractivity contribution is -0.145. The minimum atomic E-state index is -0.325. The molecule has 0 saturated heterocycles. The van der Waals surface area contributed by atoms with Crippen molar-refractivity contribution in [2.45, 2.75) is 17.9 Å². The number of furan rings is 1. The summed E-state index contributed by atoms with van der Waals surface area (Å²) in [6, 6.07) is 10.9. The van der Waals surface area contributed by atoms with E-state index in [1.165, 1.54) is 6.26 Å². The van der Waals surface area contributed by atoms with Crippen LogP contribution in [0.15, 0.2) is 56.4 Å². The van der Waals surface area contributed by atoms with E-state index in [1.807, 2.05) is 24.3 Å². The fraction of sp³-hybridized carbons (Fsp3) is 0.188. The van der Waals surface area contributed by atoms with Gasteiger partial charge < -0.3 is 13.6 Å². The highest BCUT2D eigenvalue weighted by Gasteiger charge is 2.12. The SMILES string of the molecule is O=C(CCSc1ccc(Cl)cc1)OCc1nnc(-c2ccco2)o1. The monoisotopic (exact) mass is 364 g/mol. The van der Waals surface area contributed by atoms with Gasteiger partial charge >= 0.3 is 5.97 Å².